The summed E-state index contributed by atoms with van der Waals surface area (Å²) in [7, 11) is 0. The number of aliphatic imine (C=N–C) groups is 1. The number of fused-ring (bicyclic) bond motifs is 1. The molecule has 1 saturated carbocycles. The van der Waals surface area contributed by atoms with Crippen LogP contribution in [0, 0.1) is 11.3 Å². The van der Waals surface area contributed by atoms with Crippen molar-refractivity contribution in [1.29, 1.82) is 5.26 Å². The van der Waals surface area contributed by atoms with Gasteiger partial charge in [-0.2, -0.15) is 5.26 Å². The lowest BCUT2D eigenvalue weighted by Gasteiger charge is -2.33. The summed E-state index contributed by atoms with van der Waals surface area (Å²) in [6.07, 6.45) is 8.96. The second kappa shape index (κ2) is 7.62. The van der Waals surface area contributed by atoms with Gasteiger partial charge in [-0.25, -0.2) is 4.99 Å². The first-order valence-corrected chi connectivity index (χ1v) is 10.9. The van der Waals surface area contributed by atoms with Gasteiger partial charge < -0.3 is 10.0 Å². The first kappa shape index (κ1) is 17.9. The summed E-state index contributed by atoms with van der Waals surface area (Å²) >= 11 is 1.78. The molecule has 138 valence electrons. The van der Waals surface area contributed by atoms with E-state index in [1.165, 1.54) is 43.2 Å². The summed E-state index contributed by atoms with van der Waals surface area (Å²) < 4.78 is 0. The Labute approximate surface area is 160 Å². The Balaban J connectivity index is 1.72. The predicted molar refractivity (Wildman–Crippen MR) is 107 cm³/mol. The standard InChI is InChI=1S/C21H27N3OS/c1-14(25)20-13-26-21(24(20)16-6-2-3-7-16)23-19-11-10-15(12-22)17-8-4-5-9-18(17)19/h10-11,14,16,20,25H,2-9,13H2,1H3/t14-,20-/m1/s1. The Morgan fingerprint density at radius 2 is 1.92 bits per heavy atom. The van der Waals surface area contributed by atoms with Gasteiger partial charge in [0.1, 0.15) is 0 Å². The number of rotatable bonds is 3. The second-order valence-electron chi connectivity index (χ2n) is 7.77. The van der Waals surface area contributed by atoms with Crippen molar-refractivity contribution in [3.63, 3.8) is 0 Å². The Kier molecular flexibility index (Phi) is 5.24. The Morgan fingerprint density at radius 1 is 1.19 bits per heavy atom. The van der Waals surface area contributed by atoms with E-state index in [0.29, 0.717) is 6.04 Å². The summed E-state index contributed by atoms with van der Waals surface area (Å²) in [5.74, 6) is 0.908. The van der Waals surface area contributed by atoms with Crippen LogP contribution < -0.4 is 0 Å². The summed E-state index contributed by atoms with van der Waals surface area (Å²) in [5, 5.41) is 20.8. The predicted octanol–water partition coefficient (Wildman–Crippen LogP) is 4.17. The van der Waals surface area contributed by atoms with Gasteiger partial charge in [0, 0.05) is 11.8 Å². The largest absolute Gasteiger partial charge is 0.391 e. The number of hydrogen-bond donors (Lipinski definition) is 1. The second-order valence-corrected chi connectivity index (χ2v) is 8.75. The van der Waals surface area contributed by atoms with Crippen LogP contribution in [0.3, 0.4) is 0 Å². The maximum absolute atomic E-state index is 10.3. The maximum atomic E-state index is 10.3. The van der Waals surface area contributed by atoms with Crippen molar-refractivity contribution >= 4 is 22.6 Å². The number of amidine groups is 1. The Morgan fingerprint density at radius 3 is 2.62 bits per heavy atom. The number of aliphatic hydroxyl groups excluding tert-OH is 1. The van der Waals surface area contributed by atoms with E-state index in [1.54, 1.807) is 11.8 Å². The molecule has 2 fully saturated rings. The van der Waals surface area contributed by atoms with Gasteiger partial charge in [0.2, 0.25) is 0 Å². The van der Waals surface area contributed by atoms with Crippen molar-refractivity contribution in [3.8, 4) is 6.07 Å². The fourth-order valence-corrected chi connectivity index (χ4v) is 6.04. The molecule has 0 bridgehead atoms. The minimum atomic E-state index is -0.342. The monoisotopic (exact) mass is 369 g/mol. The molecular formula is C21H27N3OS. The third-order valence-electron chi connectivity index (χ3n) is 6.08. The van der Waals surface area contributed by atoms with Gasteiger partial charge in [-0.15, -0.1) is 0 Å². The number of nitrogens with zero attached hydrogens (tertiary/aromatic N) is 3. The molecule has 1 aromatic carbocycles. The first-order chi connectivity index (χ1) is 12.7. The van der Waals surface area contributed by atoms with Gasteiger partial charge in [-0.1, -0.05) is 24.6 Å². The average molecular weight is 370 g/mol. The lowest BCUT2D eigenvalue weighted by Crippen LogP contribution is -2.46. The van der Waals surface area contributed by atoms with Gasteiger partial charge in [0.05, 0.1) is 29.5 Å². The SMILES string of the molecule is C[C@@H](O)[C@H]1CSC(=Nc2ccc(C#N)c3c2CCCC3)N1C1CCCC1. The van der Waals surface area contributed by atoms with E-state index in [2.05, 4.69) is 11.0 Å². The van der Waals surface area contributed by atoms with E-state index in [4.69, 9.17) is 4.99 Å². The van der Waals surface area contributed by atoms with Crippen LogP contribution in [-0.2, 0) is 12.8 Å². The van der Waals surface area contributed by atoms with Crippen LogP contribution in [0.25, 0.3) is 0 Å². The van der Waals surface area contributed by atoms with Crippen molar-refractivity contribution in [2.24, 2.45) is 4.99 Å². The van der Waals surface area contributed by atoms with Crippen molar-refractivity contribution in [3.05, 3.63) is 28.8 Å². The topological polar surface area (TPSA) is 59.6 Å². The van der Waals surface area contributed by atoms with Gasteiger partial charge in [0.25, 0.3) is 0 Å². The van der Waals surface area contributed by atoms with Gasteiger partial charge >= 0.3 is 0 Å². The quantitative estimate of drug-likeness (QED) is 0.869. The third kappa shape index (κ3) is 3.25. The van der Waals surface area contributed by atoms with Gasteiger partial charge in [-0.05, 0) is 68.7 Å². The van der Waals surface area contributed by atoms with Crippen molar-refractivity contribution < 1.29 is 5.11 Å². The lowest BCUT2D eigenvalue weighted by atomic mass is 9.87. The molecule has 1 aliphatic heterocycles. The number of nitriles is 1. The van der Waals surface area contributed by atoms with Crippen molar-refractivity contribution in [2.45, 2.75) is 76.5 Å². The molecule has 1 aromatic rings. The van der Waals surface area contributed by atoms with Crippen LogP contribution in [0.15, 0.2) is 17.1 Å². The third-order valence-corrected chi connectivity index (χ3v) is 7.15. The first-order valence-electron chi connectivity index (χ1n) is 9.92. The molecule has 1 N–H and O–H groups in total. The van der Waals surface area contributed by atoms with E-state index in [9.17, 15) is 10.4 Å². The summed E-state index contributed by atoms with van der Waals surface area (Å²) in [5.41, 5.74) is 4.34. The molecule has 0 spiro atoms. The summed E-state index contributed by atoms with van der Waals surface area (Å²) in [6.45, 7) is 1.90. The van der Waals surface area contributed by atoms with E-state index in [0.717, 1.165) is 41.4 Å². The zero-order chi connectivity index (χ0) is 18.1. The molecule has 1 heterocycles. The van der Waals surface area contributed by atoms with Crippen LogP contribution in [0.1, 0.15) is 62.1 Å². The van der Waals surface area contributed by atoms with Crippen LogP contribution in [0.4, 0.5) is 5.69 Å². The highest BCUT2D eigenvalue weighted by Crippen LogP contribution is 2.38. The molecule has 0 aromatic heterocycles. The van der Waals surface area contributed by atoms with Crippen LogP contribution in [0.2, 0.25) is 0 Å². The van der Waals surface area contributed by atoms with E-state index in [-0.39, 0.29) is 12.1 Å². The van der Waals surface area contributed by atoms with E-state index >= 15 is 0 Å². The smallest absolute Gasteiger partial charge is 0.165 e. The minimum absolute atomic E-state index is 0.163. The maximum Gasteiger partial charge on any atom is 0.165 e. The molecule has 1 saturated heterocycles. The molecule has 4 nitrogen and oxygen atoms in total. The summed E-state index contributed by atoms with van der Waals surface area (Å²) in [6, 6.07) is 7.00. The van der Waals surface area contributed by atoms with Gasteiger partial charge in [-0.3, -0.25) is 0 Å². The number of benzene rings is 1. The fourth-order valence-electron chi connectivity index (χ4n) is 4.69. The molecule has 0 amide bonds. The molecular weight excluding hydrogens is 342 g/mol. The number of thioether (sulfide) groups is 1. The highest BCUT2D eigenvalue weighted by Gasteiger charge is 2.39. The van der Waals surface area contributed by atoms with Crippen molar-refractivity contribution in [1.82, 2.24) is 4.90 Å². The highest BCUT2D eigenvalue weighted by molar-refractivity contribution is 8.14. The molecule has 26 heavy (non-hydrogen) atoms. The zero-order valence-electron chi connectivity index (χ0n) is 15.4. The van der Waals surface area contributed by atoms with E-state index < -0.39 is 0 Å². The number of aliphatic hydroxyl groups is 1. The van der Waals surface area contributed by atoms with Crippen LogP contribution in [0.5, 0.6) is 0 Å². The minimum Gasteiger partial charge on any atom is -0.391 e. The normalized spacial score (nSPS) is 26.1. The van der Waals surface area contributed by atoms with Crippen LogP contribution >= 0.6 is 11.8 Å². The van der Waals surface area contributed by atoms with Crippen molar-refractivity contribution in [2.75, 3.05) is 5.75 Å². The molecule has 4 rings (SSSR count). The highest BCUT2D eigenvalue weighted by atomic mass is 32.2. The molecule has 2 aliphatic carbocycles. The molecule has 5 heteroatoms. The number of hydrogen-bond acceptors (Lipinski definition) is 4. The van der Waals surface area contributed by atoms with Gasteiger partial charge in [0.15, 0.2) is 5.17 Å². The van der Waals surface area contributed by atoms with E-state index in [1.807, 2.05) is 19.1 Å². The average Bonchev–Trinajstić information content (AvgIpc) is 3.31. The molecule has 0 radical (unpaired) electrons. The fraction of sp³-hybridized carbons (Fsp3) is 0.619. The zero-order valence-corrected chi connectivity index (χ0v) is 16.3. The summed E-state index contributed by atoms with van der Waals surface area (Å²) in [4.78, 5) is 7.50. The lowest BCUT2D eigenvalue weighted by molar-refractivity contribution is 0.0976. The molecule has 0 unspecified atom stereocenters. The molecule has 3 aliphatic rings. The Hall–Kier alpha value is -1.51. The van der Waals surface area contributed by atoms with Crippen LogP contribution in [-0.4, -0.2) is 39.1 Å². The molecule has 2 atom stereocenters. The Bertz CT molecular complexity index is 746.